The number of fused-ring (bicyclic) bond motifs is 2. The molecule has 0 atom stereocenters. The van der Waals surface area contributed by atoms with E-state index in [1.807, 2.05) is 0 Å². The van der Waals surface area contributed by atoms with Gasteiger partial charge in [0.15, 0.2) is 0 Å². The molecule has 0 aromatic heterocycles. The van der Waals surface area contributed by atoms with Crippen molar-refractivity contribution < 1.29 is 48.1 Å². The van der Waals surface area contributed by atoms with Gasteiger partial charge < -0.3 is 24.8 Å². The van der Waals surface area contributed by atoms with Crippen molar-refractivity contribution in [2.75, 3.05) is 0 Å². The molecule has 6 aromatic carbocycles. The Balaban J connectivity index is 0.000000236. The SMILES string of the molecule is CC1(Cc2cc3c(-c4ccc(C(C)(C)C)cc4)cccc3[cH-]2)CCCCC1.CC1(Cc2cc3c(-c4ccc(C(C)(C)C)cc4)cccc3[cH-]2)CCCCC1.C[Si](C)=[Zr+2].[Cl-].[Cl-]. The average molecular weight is 935 g/mol. The van der Waals surface area contributed by atoms with E-state index in [-0.39, 0.29) is 41.1 Å². The molecule has 8 rings (SSSR count). The van der Waals surface area contributed by atoms with Gasteiger partial charge in [-0.2, -0.15) is 12.1 Å². The van der Waals surface area contributed by atoms with Crippen LogP contribution in [0.25, 0.3) is 43.8 Å². The Bertz CT molecular complexity index is 2100. The van der Waals surface area contributed by atoms with Gasteiger partial charge in [-0.3, -0.25) is 0 Å². The number of benzene rings is 4. The summed E-state index contributed by atoms with van der Waals surface area (Å²) in [6, 6.07) is 41.7. The number of rotatable bonds is 6. The third kappa shape index (κ3) is 13.4. The molecule has 2 aliphatic carbocycles. The van der Waals surface area contributed by atoms with Crippen LogP contribution >= 0.6 is 0 Å². The van der Waals surface area contributed by atoms with Gasteiger partial charge in [0, 0.05) is 0 Å². The van der Waals surface area contributed by atoms with Crippen LogP contribution in [0, 0.1) is 10.8 Å². The minimum Gasteiger partial charge on any atom is -1.00 e. The second kappa shape index (κ2) is 21.4. The molecule has 0 aliphatic heterocycles. The van der Waals surface area contributed by atoms with Crippen LogP contribution in [0.2, 0.25) is 13.1 Å². The van der Waals surface area contributed by atoms with Crippen molar-refractivity contribution in [2.45, 2.75) is 156 Å². The summed E-state index contributed by atoms with van der Waals surface area (Å²) in [5.74, 6) is 0. The van der Waals surface area contributed by atoms with Crippen LogP contribution in [0.1, 0.15) is 142 Å². The van der Waals surface area contributed by atoms with Gasteiger partial charge in [-0.05, 0) is 82.4 Å². The molecule has 0 nitrogen and oxygen atoms in total. The zero-order chi connectivity index (χ0) is 41.7. The Morgan fingerprint density at radius 2 is 0.833 bits per heavy atom. The molecule has 60 heavy (non-hydrogen) atoms. The summed E-state index contributed by atoms with van der Waals surface area (Å²) in [6.07, 6.45) is 16.5. The van der Waals surface area contributed by atoms with Crippen LogP contribution < -0.4 is 24.8 Å². The zero-order valence-electron chi connectivity index (χ0n) is 38.6. The number of halogens is 2. The minimum absolute atomic E-state index is 0. The predicted molar refractivity (Wildman–Crippen MR) is 255 cm³/mol. The molecule has 2 saturated carbocycles. The summed E-state index contributed by atoms with van der Waals surface area (Å²) in [5.41, 5.74) is 12.8. The van der Waals surface area contributed by atoms with Gasteiger partial charge in [0.25, 0.3) is 0 Å². The fourth-order valence-corrected chi connectivity index (χ4v) is 9.75. The second-order valence-corrected chi connectivity index (χ2v) is 30.5. The maximum absolute atomic E-state index is 2.50. The molecule has 2 fully saturated rings. The molecule has 320 valence electrons. The Hall–Kier alpha value is -2.22. The van der Waals surface area contributed by atoms with Gasteiger partial charge in [0.05, 0.1) is 0 Å². The van der Waals surface area contributed by atoms with E-state index in [4.69, 9.17) is 0 Å². The Morgan fingerprint density at radius 1 is 0.517 bits per heavy atom. The van der Waals surface area contributed by atoms with E-state index in [9.17, 15) is 0 Å². The first kappa shape index (κ1) is 50.4. The predicted octanol–water partition coefficient (Wildman–Crippen LogP) is 10.9. The molecule has 0 N–H and O–H groups in total. The Morgan fingerprint density at radius 3 is 1.13 bits per heavy atom. The van der Waals surface area contributed by atoms with Crippen LogP contribution in [0.5, 0.6) is 0 Å². The molecule has 0 spiro atoms. The molecule has 0 heterocycles. The van der Waals surface area contributed by atoms with Gasteiger partial charge in [-0.25, -0.2) is 0 Å². The Kier molecular flexibility index (Phi) is 18.0. The van der Waals surface area contributed by atoms with Gasteiger partial charge in [0.1, 0.15) is 0 Å². The van der Waals surface area contributed by atoms with E-state index < -0.39 is 0 Å². The maximum atomic E-state index is 2.50. The standard InChI is InChI=1S/2C27H33.C2H6Si.2ClH.Zr/c2*1-26(2,3)23-13-11-21(12-14-23)24-10-8-9-22-17-20(18-25(22)24)19-27(4)15-6-5-7-16-27;1-3-2;;;/h2*8-14,17-18H,5-7,15-16,19H2,1-4H3;1-2H3;2*1H;/q2*-1;;;;+2/p-2. The summed E-state index contributed by atoms with van der Waals surface area (Å²) in [6.45, 7) is 23.3. The third-order valence-corrected chi connectivity index (χ3v) is 13.1. The van der Waals surface area contributed by atoms with Gasteiger partial charge in [-0.15, -0.1) is 69.1 Å². The van der Waals surface area contributed by atoms with E-state index in [0.717, 1.165) is 0 Å². The molecule has 4 heteroatoms. The molecule has 0 radical (unpaired) electrons. The van der Waals surface area contributed by atoms with E-state index in [0.29, 0.717) is 10.8 Å². The smallest absolute Gasteiger partial charge is 1.00 e. The average Bonchev–Trinajstić information content (AvgIpc) is 3.77. The minimum atomic E-state index is 0. The van der Waals surface area contributed by atoms with Gasteiger partial charge >= 0.3 is 41.9 Å². The number of hydrogen-bond acceptors (Lipinski definition) is 0. The molecule has 0 bridgehead atoms. The zero-order valence-corrected chi connectivity index (χ0v) is 43.6. The first-order chi connectivity index (χ1) is 27.4. The molecule has 0 unspecified atom stereocenters. The molecule has 6 aromatic rings. The van der Waals surface area contributed by atoms with Crippen molar-refractivity contribution in [2.24, 2.45) is 10.8 Å². The third-order valence-electron chi connectivity index (χ3n) is 13.1. The monoisotopic (exact) mass is 932 g/mol. The summed E-state index contributed by atoms with van der Waals surface area (Å²) in [7, 11) is 0. The van der Waals surface area contributed by atoms with E-state index >= 15 is 0 Å². The van der Waals surface area contributed by atoms with Crippen molar-refractivity contribution in [1.82, 2.24) is 0 Å². The van der Waals surface area contributed by atoms with Crippen LogP contribution in [-0.4, -0.2) is 5.43 Å². The normalized spacial score (nSPS) is 16.1. The van der Waals surface area contributed by atoms with Crippen molar-refractivity contribution in [3.63, 3.8) is 0 Å². The van der Waals surface area contributed by atoms with Crippen molar-refractivity contribution in [1.29, 1.82) is 0 Å². The summed E-state index contributed by atoms with van der Waals surface area (Å²) >= 11 is 1.74. The largest absolute Gasteiger partial charge is 1.00 e. The van der Waals surface area contributed by atoms with Gasteiger partial charge in [-0.1, -0.05) is 166 Å². The van der Waals surface area contributed by atoms with E-state index in [2.05, 4.69) is 178 Å². The summed E-state index contributed by atoms with van der Waals surface area (Å²) < 4.78 is 0. The first-order valence-electron chi connectivity index (χ1n) is 22.5. The van der Waals surface area contributed by atoms with Crippen LogP contribution in [0.15, 0.2) is 109 Å². The van der Waals surface area contributed by atoms with Gasteiger partial charge in [0.2, 0.25) is 0 Å². The fraction of sp³-hybridized carbons (Fsp3) is 0.464. The van der Waals surface area contributed by atoms with Crippen molar-refractivity contribution >= 4 is 27.0 Å². The first-order valence-corrected chi connectivity index (χ1v) is 28.7. The molecule has 0 amide bonds. The van der Waals surface area contributed by atoms with E-state index in [1.54, 1.807) is 23.3 Å². The molecule has 2 aliphatic rings. The summed E-state index contributed by atoms with van der Waals surface area (Å²) in [5, 5.41) is 5.61. The van der Waals surface area contributed by atoms with Crippen LogP contribution in [0.3, 0.4) is 0 Å². The Labute approximate surface area is 393 Å². The quantitative estimate of drug-likeness (QED) is 0.115. The van der Waals surface area contributed by atoms with Crippen molar-refractivity contribution in [3.8, 4) is 22.3 Å². The molecular weight excluding hydrogens is 863 g/mol. The van der Waals surface area contributed by atoms with Crippen LogP contribution in [-0.2, 0) is 47.0 Å². The molecule has 0 saturated heterocycles. The summed E-state index contributed by atoms with van der Waals surface area (Å²) in [4.78, 5) is 0. The van der Waals surface area contributed by atoms with Crippen molar-refractivity contribution in [3.05, 3.63) is 131 Å². The number of hydrogen-bond donors (Lipinski definition) is 0. The second-order valence-electron chi connectivity index (χ2n) is 21.1. The van der Waals surface area contributed by atoms with Crippen LogP contribution in [0.4, 0.5) is 0 Å². The van der Waals surface area contributed by atoms with E-state index in [1.165, 1.54) is 143 Å². The molecular formula is C56H72Cl2SiZr-2. The topological polar surface area (TPSA) is 0 Å². The maximum Gasteiger partial charge on any atom is -1.00 e. The fourth-order valence-electron chi connectivity index (χ4n) is 9.75.